The maximum absolute atomic E-state index is 14.5. The van der Waals surface area contributed by atoms with Crippen LogP contribution in [0.1, 0.15) is 66.2 Å². The molecule has 0 bridgehead atoms. The summed E-state index contributed by atoms with van der Waals surface area (Å²) >= 11 is 0. The first-order valence-electron chi connectivity index (χ1n) is 11.3. The van der Waals surface area contributed by atoms with E-state index in [2.05, 4.69) is 21.9 Å². The Hall–Kier alpha value is -3.35. The fourth-order valence-electron chi connectivity index (χ4n) is 5.19. The number of imidazole rings is 1. The Balaban J connectivity index is 1.34. The van der Waals surface area contributed by atoms with E-state index in [1.165, 1.54) is 13.2 Å². The van der Waals surface area contributed by atoms with Gasteiger partial charge in [-0.15, -0.1) is 0 Å². The predicted octanol–water partition coefficient (Wildman–Crippen LogP) is 6.25. The van der Waals surface area contributed by atoms with Gasteiger partial charge in [0.2, 0.25) is 0 Å². The lowest BCUT2D eigenvalue weighted by molar-refractivity contribution is 0.0600. The molecule has 0 aliphatic heterocycles. The summed E-state index contributed by atoms with van der Waals surface area (Å²) in [5, 5.41) is 0.892. The maximum Gasteiger partial charge on any atom is 0.338 e. The first-order valence-corrected chi connectivity index (χ1v) is 11.3. The second-order valence-corrected chi connectivity index (χ2v) is 8.93. The molecule has 0 radical (unpaired) electrons. The van der Waals surface area contributed by atoms with Crippen LogP contribution in [0, 0.1) is 17.6 Å². The van der Waals surface area contributed by atoms with E-state index >= 15 is 0 Å². The minimum Gasteiger partial charge on any atom is -0.465 e. The van der Waals surface area contributed by atoms with E-state index in [0.717, 1.165) is 54.0 Å². The SMILES string of the molecule is COC(=O)c1cc(F)c2nc([C@H](C)C3CCC(c4ccnc5ccc(F)cc45)CC3)[nH]c2c1. The number of aromatic nitrogens is 3. The third kappa shape index (κ3) is 3.96. The number of benzene rings is 2. The van der Waals surface area contributed by atoms with Crippen molar-refractivity contribution < 1.29 is 18.3 Å². The van der Waals surface area contributed by atoms with Crippen molar-refractivity contribution in [3.05, 3.63) is 71.2 Å². The Morgan fingerprint density at radius 2 is 1.91 bits per heavy atom. The van der Waals surface area contributed by atoms with E-state index in [0.29, 0.717) is 17.4 Å². The second-order valence-electron chi connectivity index (χ2n) is 8.93. The number of fused-ring (bicyclic) bond motifs is 2. The minimum atomic E-state index is -0.582. The number of nitrogens with zero attached hydrogens (tertiary/aromatic N) is 2. The third-order valence-electron chi connectivity index (χ3n) is 7.07. The molecule has 4 aromatic rings. The van der Waals surface area contributed by atoms with Gasteiger partial charge in [0.05, 0.1) is 23.7 Å². The number of hydrogen-bond acceptors (Lipinski definition) is 4. The number of halogens is 2. The van der Waals surface area contributed by atoms with Crippen LogP contribution in [0.3, 0.4) is 0 Å². The zero-order valence-corrected chi connectivity index (χ0v) is 18.6. The number of nitrogens with one attached hydrogen (secondary N) is 1. The molecule has 1 atom stereocenters. The largest absolute Gasteiger partial charge is 0.465 e. The standard InChI is InChI=1S/C26H25F2N3O2/c1-14(25-30-23-12-17(26(32)33-2)11-21(28)24(23)31-25)15-3-5-16(6-4-15)19-9-10-29-22-8-7-18(27)13-20(19)22/h7-16H,3-6H2,1-2H3,(H,30,31)/t14-,15?,16?/m1/s1. The molecule has 7 heteroatoms. The minimum absolute atomic E-state index is 0.117. The number of pyridine rings is 1. The lowest BCUT2D eigenvalue weighted by Gasteiger charge is -2.32. The van der Waals surface area contributed by atoms with Crippen molar-refractivity contribution in [1.29, 1.82) is 0 Å². The van der Waals surface area contributed by atoms with Crippen molar-refractivity contribution in [1.82, 2.24) is 15.0 Å². The smallest absolute Gasteiger partial charge is 0.338 e. The molecule has 33 heavy (non-hydrogen) atoms. The lowest BCUT2D eigenvalue weighted by Crippen LogP contribution is -2.19. The van der Waals surface area contributed by atoms with E-state index in [9.17, 15) is 13.6 Å². The number of carbonyl (C=O) groups excluding carboxylic acids is 1. The fraction of sp³-hybridized carbons (Fsp3) is 0.346. The van der Waals surface area contributed by atoms with Crippen molar-refractivity contribution in [2.75, 3.05) is 7.11 Å². The Kier molecular flexibility index (Phi) is 5.56. The highest BCUT2D eigenvalue weighted by atomic mass is 19.1. The van der Waals surface area contributed by atoms with Gasteiger partial charge in [0.15, 0.2) is 5.82 Å². The average Bonchev–Trinajstić information content (AvgIpc) is 3.28. The Labute approximate surface area is 190 Å². The number of rotatable bonds is 4. The summed E-state index contributed by atoms with van der Waals surface area (Å²) in [5.41, 5.74) is 2.87. The Morgan fingerprint density at radius 3 is 2.67 bits per heavy atom. The highest BCUT2D eigenvalue weighted by molar-refractivity contribution is 5.93. The maximum atomic E-state index is 14.5. The molecular formula is C26H25F2N3O2. The van der Waals surface area contributed by atoms with Gasteiger partial charge in [0, 0.05) is 17.5 Å². The highest BCUT2D eigenvalue weighted by Gasteiger charge is 2.29. The van der Waals surface area contributed by atoms with Gasteiger partial charge in [0.25, 0.3) is 0 Å². The molecule has 1 aliphatic carbocycles. The molecule has 1 saturated carbocycles. The lowest BCUT2D eigenvalue weighted by atomic mass is 9.73. The molecule has 0 spiro atoms. The first kappa shape index (κ1) is 21.5. The summed E-state index contributed by atoms with van der Waals surface area (Å²) in [7, 11) is 1.27. The van der Waals surface area contributed by atoms with Gasteiger partial charge < -0.3 is 9.72 Å². The number of ether oxygens (including phenoxy) is 1. The van der Waals surface area contributed by atoms with Gasteiger partial charge >= 0.3 is 5.97 Å². The van der Waals surface area contributed by atoms with Crippen molar-refractivity contribution in [2.24, 2.45) is 5.92 Å². The zero-order valence-electron chi connectivity index (χ0n) is 18.6. The van der Waals surface area contributed by atoms with Gasteiger partial charge in [-0.05, 0) is 79.5 Å². The molecular weight excluding hydrogens is 424 g/mol. The van der Waals surface area contributed by atoms with E-state index in [1.54, 1.807) is 24.4 Å². The average molecular weight is 450 g/mol. The van der Waals surface area contributed by atoms with E-state index < -0.39 is 11.8 Å². The molecule has 0 unspecified atom stereocenters. The number of methoxy groups -OCH3 is 1. The molecule has 1 N–H and O–H groups in total. The number of aromatic amines is 1. The molecule has 1 aliphatic rings. The van der Waals surface area contributed by atoms with Gasteiger partial charge in [-0.3, -0.25) is 4.98 Å². The van der Waals surface area contributed by atoms with Crippen LogP contribution < -0.4 is 0 Å². The van der Waals surface area contributed by atoms with Gasteiger partial charge in [-0.2, -0.15) is 0 Å². The molecule has 170 valence electrons. The van der Waals surface area contributed by atoms with Crippen LogP contribution in [0.4, 0.5) is 8.78 Å². The molecule has 0 amide bonds. The second kappa shape index (κ2) is 8.54. The number of hydrogen-bond donors (Lipinski definition) is 1. The Morgan fingerprint density at radius 1 is 1.12 bits per heavy atom. The Bertz CT molecular complexity index is 1340. The van der Waals surface area contributed by atoms with Gasteiger partial charge in [-0.1, -0.05) is 6.92 Å². The fourth-order valence-corrected chi connectivity index (χ4v) is 5.19. The van der Waals surface area contributed by atoms with E-state index in [-0.39, 0.29) is 22.8 Å². The molecule has 5 rings (SSSR count). The van der Waals surface area contributed by atoms with Crippen molar-refractivity contribution in [3.63, 3.8) is 0 Å². The van der Waals surface area contributed by atoms with Crippen LogP contribution in [0.15, 0.2) is 42.6 Å². The summed E-state index contributed by atoms with van der Waals surface area (Å²) < 4.78 is 33.1. The monoisotopic (exact) mass is 449 g/mol. The van der Waals surface area contributed by atoms with Crippen LogP contribution in [0.25, 0.3) is 21.9 Å². The zero-order chi connectivity index (χ0) is 23.1. The van der Waals surface area contributed by atoms with Crippen LogP contribution in [-0.2, 0) is 4.74 Å². The molecule has 2 aromatic carbocycles. The third-order valence-corrected chi connectivity index (χ3v) is 7.07. The number of carbonyl (C=O) groups is 1. The summed E-state index contributed by atoms with van der Waals surface area (Å²) in [5.74, 6) is 0.236. The van der Waals surface area contributed by atoms with Gasteiger partial charge in [0.1, 0.15) is 17.2 Å². The quantitative estimate of drug-likeness (QED) is 0.374. The van der Waals surface area contributed by atoms with Crippen molar-refractivity contribution in [3.8, 4) is 0 Å². The topological polar surface area (TPSA) is 67.9 Å². The van der Waals surface area contributed by atoms with Crippen molar-refractivity contribution in [2.45, 2.75) is 44.4 Å². The van der Waals surface area contributed by atoms with Crippen LogP contribution in [0.2, 0.25) is 0 Å². The summed E-state index contributed by atoms with van der Waals surface area (Å²) in [6.07, 6.45) is 5.78. The van der Waals surface area contributed by atoms with Crippen molar-refractivity contribution >= 4 is 27.9 Å². The molecule has 5 nitrogen and oxygen atoms in total. The first-order chi connectivity index (χ1) is 15.9. The van der Waals surface area contributed by atoms with E-state index in [4.69, 9.17) is 4.74 Å². The van der Waals surface area contributed by atoms with E-state index in [1.807, 2.05) is 6.07 Å². The normalized spacial score (nSPS) is 19.6. The van der Waals surface area contributed by atoms with Gasteiger partial charge in [-0.25, -0.2) is 18.6 Å². The summed E-state index contributed by atoms with van der Waals surface area (Å²) in [4.78, 5) is 23.9. The van der Waals surface area contributed by atoms with Crippen LogP contribution >= 0.6 is 0 Å². The summed E-state index contributed by atoms with van der Waals surface area (Å²) in [6, 6.07) is 9.51. The molecule has 2 aromatic heterocycles. The number of esters is 1. The van der Waals surface area contributed by atoms with Crippen LogP contribution in [0.5, 0.6) is 0 Å². The number of H-pyrrole nitrogens is 1. The molecule has 0 saturated heterocycles. The van der Waals surface area contributed by atoms with Crippen LogP contribution in [-0.4, -0.2) is 28.0 Å². The summed E-state index contributed by atoms with van der Waals surface area (Å²) in [6.45, 7) is 2.11. The highest BCUT2D eigenvalue weighted by Crippen LogP contribution is 2.43. The predicted molar refractivity (Wildman–Crippen MR) is 122 cm³/mol. The molecule has 1 fully saturated rings. The molecule has 2 heterocycles.